The number of β-amino-alcohol motifs (C(OH)–C–C–N with tert-alkyl or cyclic N) is 1. The van der Waals surface area contributed by atoms with E-state index in [-0.39, 0.29) is 6.61 Å². The molecule has 7 heteroatoms. The van der Waals surface area contributed by atoms with E-state index in [2.05, 4.69) is 15.1 Å². The summed E-state index contributed by atoms with van der Waals surface area (Å²) in [6.45, 7) is 2.41. The summed E-state index contributed by atoms with van der Waals surface area (Å²) in [4.78, 5) is 2.19. The predicted octanol–water partition coefficient (Wildman–Crippen LogP) is 2.51. The molecule has 22 heavy (non-hydrogen) atoms. The molecular formula is C15H17Cl2N3O2. The third kappa shape index (κ3) is 3.73. The Kier molecular flexibility index (Phi) is 4.88. The highest BCUT2D eigenvalue weighted by Crippen LogP contribution is 2.27. The smallest absolute Gasteiger partial charge is 0.139 e. The fourth-order valence-electron chi connectivity index (χ4n) is 2.56. The van der Waals surface area contributed by atoms with Gasteiger partial charge in [0.25, 0.3) is 0 Å². The van der Waals surface area contributed by atoms with E-state index >= 15 is 0 Å². The van der Waals surface area contributed by atoms with Crippen LogP contribution in [0.1, 0.15) is 11.3 Å². The number of aliphatic hydroxyl groups is 1. The first kappa shape index (κ1) is 15.6. The van der Waals surface area contributed by atoms with Crippen molar-refractivity contribution < 1.29 is 9.84 Å². The highest BCUT2D eigenvalue weighted by molar-refractivity contribution is 6.34. The minimum atomic E-state index is -0.594. The van der Waals surface area contributed by atoms with Crippen LogP contribution in [0.2, 0.25) is 10.0 Å². The zero-order valence-corrected chi connectivity index (χ0v) is 13.4. The number of aliphatic hydroxyl groups excluding tert-OH is 1. The summed E-state index contributed by atoms with van der Waals surface area (Å²) >= 11 is 11.9. The molecule has 3 rings (SSSR count). The topological polar surface area (TPSA) is 61.4 Å². The van der Waals surface area contributed by atoms with Crippen molar-refractivity contribution in [1.29, 1.82) is 0 Å². The number of nitrogens with one attached hydrogen (secondary N) is 1. The molecule has 0 bridgehead atoms. The molecule has 0 radical (unpaired) electrons. The molecule has 1 aromatic carbocycles. The first-order chi connectivity index (χ1) is 10.6. The Labute approximate surface area is 138 Å². The molecule has 2 heterocycles. The number of aromatic nitrogens is 2. The largest absolute Gasteiger partial charge is 0.489 e. The maximum Gasteiger partial charge on any atom is 0.139 e. The number of halogens is 2. The minimum Gasteiger partial charge on any atom is -0.489 e. The highest BCUT2D eigenvalue weighted by atomic mass is 35.5. The Morgan fingerprint density at radius 2 is 2.27 bits per heavy atom. The lowest BCUT2D eigenvalue weighted by Gasteiger charge is -2.28. The molecular weight excluding hydrogens is 325 g/mol. The third-order valence-corrected chi connectivity index (χ3v) is 4.22. The molecule has 0 saturated carbocycles. The van der Waals surface area contributed by atoms with Crippen LogP contribution in [0, 0.1) is 0 Å². The van der Waals surface area contributed by atoms with Gasteiger partial charge in [0, 0.05) is 48.4 Å². The van der Waals surface area contributed by atoms with E-state index in [1.165, 1.54) is 11.3 Å². The molecule has 1 atom stereocenters. The van der Waals surface area contributed by atoms with E-state index in [9.17, 15) is 5.11 Å². The van der Waals surface area contributed by atoms with Crippen molar-refractivity contribution in [2.24, 2.45) is 0 Å². The first-order valence-electron chi connectivity index (χ1n) is 7.11. The molecule has 0 fully saturated rings. The van der Waals surface area contributed by atoms with Crippen LogP contribution in [0.4, 0.5) is 0 Å². The average molecular weight is 342 g/mol. The van der Waals surface area contributed by atoms with Crippen LogP contribution in [-0.4, -0.2) is 46.0 Å². The molecule has 1 unspecified atom stereocenters. The molecule has 2 N–H and O–H groups in total. The Morgan fingerprint density at radius 1 is 1.41 bits per heavy atom. The van der Waals surface area contributed by atoms with Crippen molar-refractivity contribution in [3.05, 3.63) is 45.7 Å². The van der Waals surface area contributed by atoms with Crippen molar-refractivity contribution in [2.75, 3.05) is 19.7 Å². The van der Waals surface area contributed by atoms with Gasteiger partial charge in [-0.15, -0.1) is 0 Å². The van der Waals surface area contributed by atoms with Gasteiger partial charge in [-0.05, 0) is 12.1 Å². The molecule has 5 nitrogen and oxygen atoms in total. The second kappa shape index (κ2) is 6.87. The van der Waals surface area contributed by atoms with Gasteiger partial charge in [0.2, 0.25) is 0 Å². The summed E-state index contributed by atoms with van der Waals surface area (Å²) in [6, 6.07) is 5.02. The number of nitrogens with zero attached hydrogens (tertiary/aromatic N) is 2. The van der Waals surface area contributed by atoms with Crippen LogP contribution in [-0.2, 0) is 13.0 Å². The fourth-order valence-corrected chi connectivity index (χ4v) is 2.89. The van der Waals surface area contributed by atoms with E-state index in [1.807, 2.05) is 6.20 Å². The molecule has 0 amide bonds. The van der Waals surface area contributed by atoms with Crippen molar-refractivity contribution in [3.8, 4) is 5.75 Å². The van der Waals surface area contributed by atoms with Crippen LogP contribution >= 0.6 is 23.2 Å². The van der Waals surface area contributed by atoms with Crippen LogP contribution < -0.4 is 4.74 Å². The number of ether oxygens (including phenoxy) is 1. The van der Waals surface area contributed by atoms with Crippen molar-refractivity contribution >= 4 is 23.2 Å². The SMILES string of the molecule is OC(COc1cc(Cl)ccc1Cl)CN1CCc2[nH]ncc2C1. The maximum atomic E-state index is 10.2. The fraction of sp³-hybridized carbons (Fsp3) is 0.400. The standard InChI is InChI=1S/C15H17Cl2N3O2/c16-11-1-2-13(17)15(5-11)22-9-12(21)8-20-4-3-14-10(7-20)6-18-19-14/h1-2,5-6,12,21H,3-4,7-9H2,(H,18,19). The van der Waals surface area contributed by atoms with Crippen molar-refractivity contribution in [1.82, 2.24) is 15.1 Å². The Hall–Kier alpha value is -1.27. The Morgan fingerprint density at radius 3 is 3.14 bits per heavy atom. The van der Waals surface area contributed by atoms with Gasteiger partial charge >= 0.3 is 0 Å². The zero-order chi connectivity index (χ0) is 15.5. The second-order valence-corrected chi connectivity index (χ2v) is 6.24. The number of aromatic amines is 1. The molecule has 1 aromatic heterocycles. The monoisotopic (exact) mass is 341 g/mol. The lowest BCUT2D eigenvalue weighted by Crippen LogP contribution is -2.38. The van der Waals surface area contributed by atoms with E-state index in [1.54, 1.807) is 18.2 Å². The van der Waals surface area contributed by atoms with E-state index < -0.39 is 6.10 Å². The molecule has 0 saturated heterocycles. The number of fused-ring (bicyclic) bond motifs is 1. The lowest BCUT2D eigenvalue weighted by atomic mass is 10.1. The predicted molar refractivity (Wildman–Crippen MR) is 85.5 cm³/mol. The van der Waals surface area contributed by atoms with E-state index in [0.29, 0.717) is 22.3 Å². The number of benzene rings is 1. The van der Waals surface area contributed by atoms with Crippen molar-refractivity contribution in [2.45, 2.75) is 19.1 Å². The van der Waals surface area contributed by atoms with Gasteiger partial charge in [-0.2, -0.15) is 5.10 Å². The highest BCUT2D eigenvalue weighted by Gasteiger charge is 2.20. The minimum absolute atomic E-state index is 0.175. The summed E-state index contributed by atoms with van der Waals surface area (Å²) < 4.78 is 5.56. The quantitative estimate of drug-likeness (QED) is 0.877. The van der Waals surface area contributed by atoms with Crippen LogP contribution in [0.15, 0.2) is 24.4 Å². The molecule has 2 aromatic rings. The van der Waals surface area contributed by atoms with Crippen LogP contribution in [0.5, 0.6) is 5.75 Å². The molecule has 1 aliphatic rings. The van der Waals surface area contributed by atoms with Gasteiger partial charge < -0.3 is 9.84 Å². The number of H-pyrrole nitrogens is 1. The zero-order valence-electron chi connectivity index (χ0n) is 11.9. The second-order valence-electron chi connectivity index (χ2n) is 5.40. The summed E-state index contributed by atoms with van der Waals surface area (Å²) in [5.41, 5.74) is 2.38. The van der Waals surface area contributed by atoms with Gasteiger partial charge in [0.1, 0.15) is 18.5 Å². The van der Waals surface area contributed by atoms with Crippen molar-refractivity contribution in [3.63, 3.8) is 0 Å². The third-order valence-electron chi connectivity index (χ3n) is 3.67. The van der Waals surface area contributed by atoms with Gasteiger partial charge in [-0.1, -0.05) is 23.2 Å². The normalized spacial score (nSPS) is 16.3. The summed E-state index contributed by atoms with van der Waals surface area (Å²) in [6.07, 6.45) is 2.17. The van der Waals surface area contributed by atoms with Gasteiger partial charge in [-0.3, -0.25) is 10.00 Å². The molecule has 118 valence electrons. The summed E-state index contributed by atoms with van der Waals surface area (Å²) in [5, 5.41) is 18.2. The van der Waals surface area contributed by atoms with E-state index in [4.69, 9.17) is 27.9 Å². The van der Waals surface area contributed by atoms with Crippen LogP contribution in [0.25, 0.3) is 0 Å². The Balaban J connectivity index is 1.51. The summed E-state index contributed by atoms with van der Waals surface area (Å²) in [5.74, 6) is 0.490. The van der Waals surface area contributed by atoms with E-state index in [0.717, 1.165) is 19.5 Å². The molecule has 0 aliphatic carbocycles. The average Bonchev–Trinajstić information content (AvgIpc) is 2.96. The summed E-state index contributed by atoms with van der Waals surface area (Å²) in [7, 11) is 0. The maximum absolute atomic E-state index is 10.2. The molecule has 0 spiro atoms. The number of rotatable bonds is 5. The lowest BCUT2D eigenvalue weighted by molar-refractivity contribution is 0.0637. The number of hydrogen-bond acceptors (Lipinski definition) is 4. The van der Waals surface area contributed by atoms with Crippen LogP contribution in [0.3, 0.4) is 0 Å². The van der Waals surface area contributed by atoms with Gasteiger partial charge in [0.15, 0.2) is 0 Å². The first-order valence-corrected chi connectivity index (χ1v) is 7.87. The number of hydrogen-bond donors (Lipinski definition) is 2. The van der Waals surface area contributed by atoms with Gasteiger partial charge in [-0.25, -0.2) is 0 Å². The van der Waals surface area contributed by atoms with Gasteiger partial charge in [0.05, 0.1) is 11.2 Å². The molecule has 1 aliphatic heterocycles. The Bertz CT molecular complexity index is 647.